The normalized spacial score (nSPS) is 11.3. The van der Waals surface area contributed by atoms with E-state index in [0.717, 1.165) is 16.1 Å². The Morgan fingerprint density at radius 3 is 2.43 bits per heavy atom. The molecular weight excluding hydrogens is 349 g/mol. The molecule has 0 saturated carbocycles. The largest absolute Gasteiger partial charge is 0.433 e. The van der Waals surface area contributed by atoms with E-state index in [9.17, 15) is 13.2 Å². The van der Waals surface area contributed by atoms with Gasteiger partial charge in [-0.2, -0.15) is 18.2 Å². The molecule has 0 aliphatic rings. The predicted octanol–water partition coefficient (Wildman–Crippen LogP) is 4.35. The van der Waals surface area contributed by atoms with Crippen LogP contribution in [-0.2, 0) is 6.18 Å². The van der Waals surface area contributed by atoms with Crippen molar-refractivity contribution in [2.45, 2.75) is 13.1 Å². The molecule has 0 spiro atoms. The minimum atomic E-state index is -4.53. The molecule has 0 radical (unpaired) electrons. The molecule has 1 aromatic heterocycles. The lowest BCUT2D eigenvalue weighted by molar-refractivity contribution is -0.141. The minimum Gasteiger partial charge on any atom is -0.357 e. The number of halogens is 4. The molecule has 0 atom stereocenters. The van der Waals surface area contributed by atoms with E-state index >= 15 is 0 Å². The van der Waals surface area contributed by atoms with Gasteiger partial charge in [0.25, 0.3) is 0 Å². The van der Waals surface area contributed by atoms with E-state index in [2.05, 4.69) is 36.5 Å². The van der Waals surface area contributed by atoms with E-state index < -0.39 is 11.9 Å². The molecule has 8 heteroatoms. The molecule has 1 aromatic carbocycles. The Morgan fingerprint density at radius 1 is 1.14 bits per heavy atom. The highest BCUT2D eigenvalue weighted by Gasteiger charge is 2.33. The Balaban J connectivity index is 2.39. The molecule has 0 unspecified atom stereocenters. The van der Waals surface area contributed by atoms with Crippen molar-refractivity contribution in [1.29, 1.82) is 0 Å². The Morgan fingerprint density at radius 2 is 1.86 bits per heavy atom. The van der Waals surface area contributed by atoms with Crippen LogP contribution in [0, 0.1) is 6.92 Å². The Bertz CT molecular complexity index is 658. The number of aromatic nitrogens is 2. The summed E-state index contributed by atoms with van der Waals surface area (Å²) in [6.07, 6.45) is -4.53. The minimum absolute atomic E-state index is 0.0613. The molecule has 2 N–H and O–H groups in total. The number of anilines is 3. The van der Waals surface area contributed by atoms with Gasteiger partial charge in [-0.3, -0.25) is 0 Å². The first kappa shape index (κ1) is 15.6. The van der Waals surface area contributed by atoms with Crippen molar-refractivity contribution >= 4 is 33.4 Å². The van der Waals surface area contributed by atoms with E-state index in [1.54, 1.807) is 6.07 Å². The molecule has 2 rings (SSSR count). The van der Waals surface area contributed by atoms with Gasteiger partial charge in [0.2, 0.25) is 5.95 Å². The van der Waals surface area contributed by atoms with Gasteiger partial charge >= 0.3 is 6.18 Å². The van der Waals surface area contributed by atoms with Crippen molar-refractivity contribution < 1.29 is 13.2 Å². The van der Waals surface area contributed by atoms with Crippen LogP contribution < -0.4 is 10.6 Å². The van der Waals surface area contributed by atoms with Crippen LogP contribution in [0.25, 0.3) is 0 Å². The highest BCUT2D eigenvalue weighted by atomic mass is 79.9. The second-order valence-corrected chi connectivity index (χ2v) is 5.17. The zero-order valence-electron chi connectivity index (χ0n) is 11.2. The van der Waals surface area contributed by atoms with Gasteiger partial charge in [-0.25, -0.2) is 4.98 Å². The summed E-state index contributed by atoms with van der Waals surface area (Å²) in [6.45, 7) is 1.92. The molecule has 4 nitrogen and oxygen atoms in total. The number of alkyl halides is 3. The molecule has 0 saturated heterocycles. The average Bonchev–Trinajstić information content (AvgIpc) is 2.40. The first-order valence-electron chi connectivity index (χ1n) is 5.97. The quantitative estimate of drug-likeness (QED) is 0.854. The van der Waals surface area contributed by atoms with Gasteiger partial charge in [0.15, 0.2) is 5.69 Å². The van der Waals surface area contributed by atoms with Crippen LogP contribution in [0.15, 0.2) is 28.7 Å². The van der Waals surface area contributed by atoms with E-state index in [1.165, 1.54) is 7.05 Å². The molecule has 1 heterocycles. The van der Waals surface area contributed by atoms with Crippen LogP contribution in [0.5, 0.6) is 0 Å². The van der Waals surface area contributed by atoms with Crippen molar-refractivity contribution in [3.63, 3.8) is 0 Å². The van der Waals surface area contributed by atoms with Crippen molar-refractivity contribution in [1.82, 2.24) is 9.97 Å². The van der Waals surface area contributed by atoms with Crippen molar-refractivity contribution in [3.8, 4) is 0 Å². The Labute approximate surface area is 127 Å². The van der Waals surface area contributed by atoms with E-state index in [4.69, 9.17) is 0 Å². The molecule has 2 aromatic rings. The maximum Gasteiger partial charge on any atom is 0.433 e. The molecular formula is C13H12BrF3N4. The molecule has 0 fully saturated rings. The lowest BCUT2D eigenvalue weighted by Gasteiger charge is -2.12. The van der Waals surface area contributed by atoms with Crippen LogP contribution in [0.4, 0.5) is 30.6 Å². The fraction of sp³-hybridized carbons (Fsp3) is 0.231. The highest BCUT2D eigenvalue weighted by molar-refractivity contribution is 9.10. The summed E-state index contributed by atoms with van der Waals surface area (Å²) < 4.78 is 39.1. The van der Waals surface area contributed by atoms with Crippen molar-refractivity contribution in [2.24, 2.45) is 0 Å². The van der Waals surface area contributed by atoms with E-state index in [-0.39, 0.29) is 11.8 Å². The monoisotopic (exact) mass is 360 g/mol. The highest BCUT2D eigenvalue weighted by Crippen LogP contribution is 2.31. The molecule has 0 bridgehead atoms. The van der Waals surface area contributed by atoms with Gasteiger partial charge in [0, 0.05) is 17.6 Å². The van der Waals surface area contributed by atoms with Gasteiger partial charge in [-0.15, -0.1) is 0 Å². The number of nitrogens with one attached hydrogen (secondary N) is 2. The van der Waals surface area contributed by atoms with Crippen molar-refractivity contribution in [3.05, 3.63) is 40.0 Å². The Kier molecular flexibility index (Phi) is 4.36. The predicted molar refractivity (Wildman–Crippen MR) is 78.7 cm³/mol. The summed E-state index contributed by atoms with van der Waals surface area (Å²) in [4.78, 5) is 7.37. The summed E-state index contributed by atoms with van der Waals surface area (Å²) in [6, 6.07) is 6.33. The summed E-state index contributed by atoms with van der Waals surface area (Å²) >= 11 is 3.35. The topological polar surface area (TPSA) is 49.8 Å². The summed E-state index contributed by atoms with van der Waals surface area (Å²) in [5.74, 6) is -0.0400. The zero-order valence-corrected chi connectivity index (χ0v) is 12.8. The number of hydrogen-bond donors (Lipinski definition) is 2. The van der Waals surface area contributed by atoms with Gasteiger partial charge in [0.05, 0.1) is 5.69 Å². The number of benzene rings is 1. The Hall–Kier alpha value is -1.83. The van der Waals surface area contributed by atoms with Crippen LogP contribution in [0.3, 0.4) is 0 Å². The van der Waals surface area contributed by atoms with Gasteiger partial charge in [0.1, 0.15) is 5.82 Å². The standard InChI is InChI=1S/C13H12BrF3N4/c1-7-3-4-9(8(14)5-7)19-11-6-10(13(15,16)17)20-12(18-2)21-11/h3-6H,1-2H3,(H2,18,19,20,21). The third kappa shape index (κ3) is 3.84. The third-order valence-corrected chi connectivity index (χ3v) is 3.28. The average molecular weight is 361 g/mol. The molecule has 112 valence electrons. The lowest BCUT2D eigenvalue weighted by atomic mass is 10.2. The first-order valence-corrected chi connectivity index (χ1v) is 6.76. The van der Waals surface area contributed by atoms with Gasteiger partial charge < -0.3 is 10.6 Å². The molecule has 0 amide bonds. The molecule has 0 aliphatic heterocycles. The fourth-order valence-corrected chi connectivity index (χ4v) is 2.22. The number of rotatable bonds is 3. The number of hydrogen-bond acceptors (Lipinski definition) is 4. The molecule has 0 aliphatic carbocycles. The maximum atomic E-state index is 12.8. The summed E-state index contributed by atoms with van der Waals surface area (Å²) in [5.41, 5.74) is 0.643. The number of aryl methyl sites for hydroxylation is 1. The first-order chi connectivity index (χ1) is 9.79. The summed E-state index contributed by atoms with van der Waals surface area (Å²) in [5, 5.41) is 5.36. The second kappa shape index (κ2) is 5.88. The SMILES string of the molecule is CNc1nc(Nc2ccc(C)cc2Br)cc(C(F)(F)F)n1. The van der Waals surface area contributed by atoms with Gasteiger partial charge in [-0.05, 0) is 40.5 Å². The van der Waals surface area contributed by atoms with E-state index in [1.807, 2.05) is 19.1 Å². The van der Waals surface area contributed by atoms with E-state index in [0.29, 0.717) is 5.69 Å². The maximum absolute atomic E-state index is 12.8. The van der Waals surface area contributed by atoms with Crippen LogP contribution in [0.1, 0.15) is 11.3 Å². The van der Waals surface area contributed by atoms with Crippen LogP contribution in [-0.4, -0.2) is 17.0 Å². The van der Waals surface area contributed by atoms with Crippen LogP contribution >= 0.6 is 15.9 Å². The molecule has 21 heavy (non-hydrogen) atoms. The van der Waals surface area contributed by atoms with Crippen molar-refractivity contribution in [2.75, 3.05) is 17.7 Å². The second-order valence-electron chi connectivity index (χ2n) is 4.32. The smallest absolute Gasteiger partial charge is 0.357 e. The summed E-state index contributed by atoms with van der Waals surface area (Å²) in [7, 11) is 1.46. The number of nitrogens with zero attached hydrogens (tertiary/aromatic N) is 2. The lowest BCUT2D eigenvalue weighted by Crippen LogP contribution is -2.12. The van der Waals surface area contributed by atoms with Crippen LogP contribution in [0.2, 0.25) is 0 Å². The zero-order chi connectivity index (χ0) is 15.6. The van der Waals surface area contributed by atoms with Gasteiger partial charge in [-0.1, -0.05) is 6.07 Å². The fourth-order valence-electron chi connectivity index (χ4n) is 1.63. The third-order valence-electron chi connectivity index (χ3n) is 2.63.